The van der Waals surface area contributed by atoms with Crippen molar-refractivity contribution >= 4 is 10.1 Å². The quantitative estimate of drug-likeness (QED) is 0.708. The summed E-state index contributed by atoms with van der Waals surface area (Å²) in [5.74, 6) is -0.938. The molecular formula is C16H22O8S. The van der Waals surface area contributed by atoms with Gasteiger partial charge in [0, 0.05) is 0 Å². The molecule has 4 atom stereocenters. The number of hydrogen-bond acceptors (Lipinski definition) is 8. The zero-order valence-electron chi connectivity index (χ0n) is 14.2. The average Bonchev–Trinajstić information content (AvgIpc) is 2.97. The van der Waals surface area contributed by atoms with E-state index < -0.39 is 53.2 Å². The zero-order chi connectivity index (χ0) is 18.5. The monoisotopic (exact) mass is 374 g/mol. The van der Waals surface area contributed by atoms with Crippen molar-refractivity contribution in [2.75, 3.05) is 13.2 Å². The third kappa shape index (κ3) is 3.45. The Morgan fingerprint density at radius 2 is 1.80 bits per heavy atom. The summed E-state index contributed by atoms with van der Waals surface area (Å²) in [6.07, 6.45) is -3.06. The number of fused-ring (bicyclic) bond motifs is 1. The first-order valence-corrected chi connectivity index (χ1v) is 9.28. The lowest BCUT2D eigenvalue weighted by molar-refractivity contribution is -0.250. The molecule has 0 radical (unpaired) electrons. The van der Waals surface area contributed by atoms with Crippen LogP contribution in [-0.4, -0.2) is 61.7 Å². The maximum absolute atomic E-state index is 12.3. The van der Waals surface area contributed by atoms with E-state index in [4.69, 9.17) is 18.4 Å². The first kappa shape index (κ1) is 18.7. The SMILES string of the molecule is Cc1ccc(S(=O)(=O)OC[C@]2(CO)O[C@@H]3OC(C)(C)O[C@@H]3[C@H]2O)cc1. The van der Waals surface area contributed by atoms with Gasteiger partial charge in [0.15, 0.2) is 12.1 Å². The minimum absolute atomic E-state index is 0.0208. The highest BCUT2D eigenvalue weighted by Gasteiger charge is 2.61. The Kier molecular flexibility index (Phi) is 4.70. The smallest absolute Gasteiger partial charge is 0.297 e. The molecule has 0 saturated carbocycles. The predicted molar refractivity (Wildman–Crippen MR) is 85.1 cm³/mol. The van der Waals surface area contributed by atoms with Crippen LogP contribution in [0.1, 0.15) is 19.4 Å². The van der Waals surface area contributed by atoms with Crippen molar-refractivity contribution < 1.29 is 37.0 Å². The van der Waals surface area contributed by atoms with Crippen LogP contribution in [0.5, 0.6) is 0 Å². The van der Waals surface area contributed by atoms with E-state index in [-0.39, 0.29) is 4.90 Å². The van der Waals surface area contributed by atoms with Gasteiger partial charge in [0.1, 0.15) is 24.4 Å². The molecule has 0 aromatic heterocycles. The molecule has 2 heterocycles. The normalized spacial score (nSPS) is 34.2. The second-order valence-electron chi connectivity index (χ2n) is 6.78. The topological polar surface area (TPSA) is 112 Å². The molecule has 3 rings (SSSR count). The van der Waals surface area contributed by atoms with Gasteiger partial charge in [0.05, 0.1) is 11.5 Å². The Hall–Kier alpha value is -1.07. The van der Waals surface area contributed by atoms with Crippen molar-refractivity contribution in [1.29, 1.82) is 0 Å². The standard InChI is InChI=1S/C16H22O8S/c1-10-4-6-11(7-5-10)25(19,20)21-9-16(8-17)13(18)12-14(24-16)23-15(2,3)22-12/h4-7,12-14,17-18H,8-9H2,1-3H3/t12-,13-,14+,16+/m1/s1. The first-order chi connectivity index (χ1) is 11.6. The summed E-state index contributed by atoms with van der Waals surface area (Å²) < 4.78 is 46.3. The summed E-state index contributed by atoms with van der Waals surface area (Å²) in [5, 5.41) is 20.2. The van der Waals surface area contributed by atoms with Crippen molar-refractivity contribution in [3.63, 3.8) is 0 Å². The molecule has 9 heteroatoms. The summed E-state index contributed by atoms with van der Waals surface area (Å²) in [7, 11) is -4.07. The number of aliphatic hydroxyl groups is 2. The molecule has 2 aliphatic heterocycles. The highest BCUT2D eigenvalue weighted by atomic mass is 32.2. The van der Waals surface area contributed by atoms with Crippen molar-refractivity contribution in [2.24, 2.45) is 0 Å². The van der Waals surface area contributed by atoms with E-state index in [1.165, 1.54) is 12.1 Å². The van der Waals surface area contributed by atoms with Crippen LogP contribution in [0.15, 0.2) is 29.2 Å². The van der Waals surface area contributed by atoms with Crippen LogP contribution in [-0.2, 0) is 28.5 Å². The Morgan fingerprint density at radius 1 is 1.16 bits per heavy atom. The molecular weight excluding hydrogens is 352 g/mol. The lowest BCUT2D eigenvalue weighted by Crippen LogP contribution is -2.51. The molecule has 0 spiro atoms. The van der Waals surface area contributed by atoms with Crippen LogP contribution in [0.3, 0.4) is 0 Å². The van der Waals surface area contributed by atoms with Gasteiger partial charge in [0.2, 0.25) is 0 Å². The molecule has 1 aromatic rings. The van der Waals surface area contributed by atoms with Gasteiger partial charge in [-0.3, -0.25) is 4.18 Å². The van der Waals surface area contributed by atoms with E-state index in [9.17, 15) is 18.6 Å². The van der Waals surface area contributed by atoms with E-state index in [2.05, 4.69) is 0 Å². The maximum Gasteiger partial charge on any atom is 0.297 e. The molecule has 2 aliphatic rings. The van der Waals surface area contributed by atoms with Gasteiger partial charge in [0.25, 0.3) is 10.1 Å². The minimum atomic E-state index is -4.07. The Morgan fingerprint density at radius 3 is 2.36 bits per heavy atom. The lowest BCUT2D eigenvalue weighted by Gasteiger charge is -2.32. The summed E-state index contributed by atoms with van der Waals surface area (Å²) in [5.41, 5.74) is -0.742. The van der Waals surface area contributed by atoms with Crippen LogP contribution in [0.4, 0.5) is 0 Å². The number of aryl methyl sites for hydroxylation is 1. The van der Waals surface area contributed by atoms with Gasteiger partial charge >= 0.3 is 0 Å². The Balaban J connectivity index is 1.74. The third-order valence-corrected chi connectivity index (χ3v) is 5.60. The largest absolute Gasteiger partial charge is 0.393 e. The molecule has 8 nitrogen and oxygen atoms in total. The van der Waals surface area contributed by atoms with Crippen molar-refractivity contribution in [3.8, 4) is 0 Å². The molecule has 0 unspecified atom stereocenters. The summed E-state index contributed by atoms with van der Waals surface area (Å²) >= 11 is 0. The molecule has 0 amide bonds. The fourth-order valence-electron chi connectivity index (χ4n) is 2.91. The summed E-state index contributed by atoms with van der Waals surface area (Å²) in [6.45, 7) is 3.94. The zero-order valence-corrected chi connectivity index (χ0v) is 15.0. The van der Waals surface area contributed by atoms with Crippen LogP contribution in [0, 0.1) is 6.92 Å². The molecule has 1 aromatic carbocycles. The van der Waals surface area contributed by atoms with Crippen molar-refractivity contribution in [1.82, 2.24) is 0 Å². The number of aliphatic hydroxyl groups excluding tert-OH is 2. The maximum atomic E-state index is 12.3. The van der Waals surface area contributed by atoms with Crippen LogP contribution in [0.2, 0.25) is 0 Å². The number of hydrogen-bond donors (Lipinski definition) is 2. The number of ether oxygens (including phenoxy) is 3. The fraction of sp³-hybridized carbons (Fsp3) is 0.625. The predicted octanol–water partition coefficient (Wildman–Crippen LogP) is 0.300. The summed E-state index contributed by atoms with van der Waals surface area (Å²) in [4.78, 5) is -0.0208. The van der Waals surface area contributed by atoms with Gasteiger partial charge in [-0.05, 0) is 32.9 Å². The highest BCUT2D eigenvalue weighted by molar-refractivity contribution is 7.86. The third-order valence-electron chi connectivity index (χ3n) is 4.32. The van der Waals surface area contributed by atoms with E-state index in [0.29, 0.717) is 0 Å². The van der Waals surface area contributed by atoms with E-state index >= 15 is 0 Å². The second kappa shape index (κ2) is 6.27. The van der Waals surface area contributed by atoms with Crippen LogP contribution in [0.25, 0.3) is 0 Å². The molecule has 25 heavy (non-hydrogen) atoms. The highest BCUT2D eigenvalue weighted by Crippen LogP contribution is 2.42. The van der Waals surface area contributed by atoms with Crippen molar-refractivity contribution in [3.05, 3.63) is 29.8 Å². The molecule has 2 saturated heterocycles. The van der Waals surface area contributed by atoms with E-state index in [0.717, 1.165) is 5.56 Å². The van der Waals surface area contributed by atoms with Gasteiger partial charge in [-0.15, -0.1) is 0 Å². The first-order valence-electron chi connectivity index (χ1n) is 7.87. The fourth-order valence-corrected chi connectivity index (χ4v) is 3.87. The van der Waals surface area contributed by atoms with Gasteiger partial charge in [-0.2, -0.15) is 8.42 Å². The second-order valence-corrected chi connectivity index (χ2v) is 8.40. The summed E-state index contributed by atoms with van der Waals surface area (Å²) in [6, 6.07) is 6.14. The number of rotatable bonds is 5. The van der Waals surface area contributed by atoms with Crippen molar-refractivity contribution in [2.45, 2.75) is 55.6 Å². The van der Waals surface area contributed by atoms with Crippen LogP contribution < -0.4 is 0 Å². The molecule has 0 aliphatic carbocycles. The van der Waals surface area contributed by atoms with E-state index in [1.807, 2.05) is 6.92 Å². The van der Waals surface area contributed by atoms with Gasteiger partial charge in [-0.1, -0.05) is 17.7 Å². The van der Waals surface area contributed by atoms with Gasteiger partial charge < -0.3 is 24.4 Å². The molecule has 2 N–H and O–H groups in total. The average molecular weight is 374 g/mol. The van der Waals surface area contributed by atoms with Gasteiger partial charge in [-0.25, -0.2) is 0 Å². The lowest BCUT2D eigenvalue weighted by atomic mass is 9.97. The number of benzene rings is 1. The molecule has 2 fully saturated rings. The minimum Gasteiger partial charge on any atom is -0.393 e. The molecule has 0 bridgehead atoms. The Labute approximate surface area is 146 Å². The van der Waals surface area contributed by atoms with E-state index in [1.54, 1.807) is 26.0 Å². The molecule has 140 valence electrons. The van der Waals surface area contributed by atoms with Crippen LogP contribution >= 0.6 is 0 Å². The Bertz CT molecular complexity index is 729.